The summed E-state index contributed by atoms with van der Waals surface area (Å²) in [6.07, 6.45) is 9.58. The maximum atomic E-state index is 12.9. The molecular formula is C17H26N2OS. The zero-order chi connectivity index (χ0) is 14.7. The number of hydrogen-bond acceptors (Lipinski definition) is 3. The third-order valence-corrected chi connectivity index (χ3v) is 6.05. The van der Waals surface area contributed by atoms with Crippen molar-refractivity contribution in [1.29, 1.82) is 0 Å². The molecule has 3 rings (SSSR count). The summed E-state index contributed by atoms with van der Waals surface area (Å²) in [7, 11) is 1.99. The maximum absolute atomic E-state index is 12.9. The number of nitrogens with zero attached hydrogens (tertiary/aromatic N) is 1. The molecule has 4 heteroatoms. The van der Waals surface area contributed by atoms with Gasteiger partial charge in [0.05, 0.1) is 4.88 Å². The smallest absolute Gasteiger partial charge is 0.264 e. The highest BCUT2D eigenvalue weighted by Gasteiger charge is 2.28. The molecule has 2 heterocycles. The summed E-state index contributed by atoms with van der Waals surface area (Å²) in [5.41, 5.74) is 1.44. The van der Waals surface area contributed by atoms with Crippen LogP contribution in [0.2, 0.25) is 0 Å². The lowest BCUT2D eigenvalue weighted by Crippen LogP contribution is -2.44. The first-order chi connectivity index (χ1) is 10.3. The van der Waals surface area contributed by atoms with Crippen molar-refractivity contribution in [2.45, 2.75) is 57.4 Å². The first-order valence-electron chi connectivity index (χ1n) is 8.36. The summed E-state index contributed by atoms with van der Waals surface area (Å²) in [4.78, 5) is 17.5. The Balaban J connectivity index is 1.74. The van der Waals surface area contributed by atoms with Crippen molar-refractivity contribution in [2.24, 2.45) is 0 Å². The summed E-state index contributed by atoms with van der Waals surface area (Å²) in [5.74, 6) is 0.287. The molecule has 1 aliphatic carbocycles. The summed E-state index contributed by atoms with van der Waals surface area (Å²) in [6.45, 7) is 1.94. The van der Waals surface area contributed by atoms with Crippen molar-refractivity contribution < 1.29 is 4.79 Å². The minimum atomic E-state index is 0.287. The number of hydrogen-bond donors (Lipinski definition) is 1. The third kappa shape index (κ3) is 3.32. The SMILES string of the molecule is CNCCC1CCCCN1C(=O)c1cc2c(s1)CCCC2. The van der Waals surface area contributed by atoms with Gasteiger partial charge < -0.3 is 10.2 Å². The second-order valence-corrected chi connectivity index (χ2v) is 7.44. The van der Waals surface area contributed by atoms with Gasteiger partial charge in [0.2, 0.25) is 0 Å². The molecule has 0 aromatic carbocycles. The quantitative estimate of drug-likeness (QED) is 0.926. The Labute approximate surface area is 131 Å². The molecule has 1 aromatic heterocycles. The van der Waals surface area contributed by atoms with Crippen LogP contribution in [0.15, 0.2) is 6.07 Å². The van der Waals surface area contributed by atoms with Crippen LogP contribution in [0.25, 0.3) is 0 Å². The lowest BCUT2D eigenvalue weighted by Gasteiger charge is -2.35. The van der Waals surface area contributed by atoms with E-state index in [4.69, 9.17) is 0 Å². The number of aryl methyl sites for hydroxylation is 2. The van der Waals surface area contributed by atoms with Crippen molar-refractivity contribution in [3.8, 4) is 0 Å². The fourth-order valence-electron chi connectivity index (χ4n) is 3.62. The predicted molar refractivity (Wildman–Crippen MR) is 88.2 cm³/mol. The molecule has 1 atom stereocenters. The van der Waals surface area contributed by atoms with E-state index >= 15 is 0 Å². The lowest BCUT2D eigenvalue weighted by atomic mass is 9.98. The molecule has 3 nitrogen and oxygen atoms in total. The molecule has 1 aromatic rings. The molecule has 0 saturated carbocycles. The van der Waals surface area contributed by atoms with E-state index in [1.807, 2.05) is 7.05 Å². The Morgan fingerprint density at radius 1 is 1.33 bits per heavy atom. The second kappa shape index (κ2) is 6.93. The number of nitrogens with one attached hydrogen (secondary N) is 1. The maximum Gasteiger partial charge on any atom is 0.264 e. The van der Waals surface area contributed by atoms with E-state index in [2.05, 4.69) is 16.3 Å². The molecule has 2 aliphatic rings. The molecule has 1 unspecified atom stereocenters. The van der Waals surface area contributed by atoms with Gasteiger partial charge in [0, 0.05) is 17.5 Å². The number of fused-ring (bicyclic) bond motifs is 1. The van der Waals surface area contributed by atoms with Gasteiger partial charge >= 0.3 is 0 Å². The molecule has 0 radical (unpaired) electrons. The van der Waals surface area contributed by atoms with E-state index in [0.717, 1.165) is 30.8 Å². The standard InChI is InChI=1S/C17H26N2OS/c1-18-10-9-14-7-4-5-11-19(14)17(20)16-12-13-6-2-3-8-15(13)21-16/h12,14,18H,2-11H2,1H3. The number of thiophene rings is 1. The normalized spacial score (nSPS) is 22.1. The molecule has 0 spiro atoms. The fraction of sp³-hybridized carbons (Fsp3) is 0.706. The minimum Gasteiger partial charge on any atom is -0.335 e. The highest BCUT2D eigenvalue weighted by atomic mass is 32.1. The Bertz CT molecular complexity index is 473. The van der Waals surface area contributed by atoms with Gasteiger partial charge in [0.25, 0.3) is 5.91 Å². The highest BCUT2D eigenvalue weighted by Crippen LogP contribution is 2.31. The Hall–Kier alpha value is -0.870. The van der Waals surface area contributed by atoms with Gasteiger partial charge in [-0.05, 0) is 76.6 Å². The summed E-state index contributed by atoms with van der Waals surface area (Å²) < 4.78 is 0. The summed E-state index contributed by atoms with van der Waals surface area (Å²) >= 11 is 1.76. The van der Waals surface area contributed by atoms with Crippen LogP contribution in [0.1, 0.15) is 58.6 Å². The van der Waals surface area contributed by atoms with Gasteiger partial charge in [0.15, 0.2) is 0 Å². The molecule has 1 amide bonds. The first kappa shape index (κ1) is 15.0. The number of carbonyl (C=O) groups is 1. The van der Waals surface area contributed by atoms with E-state index in [9.17, 15) is 4.79 Å². The van der Waals surface area contributed by atoms with Crippen LogP contribution in [0.5, 0.6) is 0 Å². The van der Waals surface area contributed by atoms with Crippen LogP contribution in [0.3, 0.4) is 0 Å². The second-order valence-electron chi connectivity index (χ2n) is 6.31. The Morgan fingerprint density at radius 2 is 2.19 bits per heavy atom. The molecule has 21 heavy (non-hydrogen) atoms. The van der Waals surface area contributed by atoms with Crippen molar-refractivity contribution in [2.75, 3.05) is 20.1 Å². The van der Waals surface area contributed by atoms with E-state index < -0.39 is 0 Å². The zero-order valence-corrected chi connectivity index (χ0v) is 13.8. The van der Waals surface area contributed by atoms with Crippen molar-refractivity contribution in [3.05, 3.63) is 21.4 Å². The molecule has 0 bridgehead atoms. The number of carbonyl (C=O) groups excluding carboxylic acids is 1. The zero-order valence-electron chi connectivity index (χ0n) is 13.0. The average molecular weight is 306 g/mol. The Kier molecular flexibility index (Phi) is 4.96. The summed E-state index contributed by atoms with van der Waals surface area (Å²) in [5, 5.41) is 3.22. The van der Waals surface area contributed by atoms with E-state index in [1.54, 1.807) is 11.3 Å². The fourth-order valence-corrected chi connectivity index (χ4v) is 4.83. The molecule has 116 valence electrons. The van der Waals surface area contributed by atoms with Gasteiger partial charge in [0.1, 0.15) is 0 Å². The topological polar surface area (TPSA) is 32.3 Å². The van der Waals surface area contributed by atoms with Crippen LogP contribution >= 0.6 is 11.3 Å². The largest absolute Gasteiger partial charge is 0.335 e. The predicted octanol–water partition coefficient (Wildman–Crippen LogP) is 3.23. The van der Waals surface area contributed by atoms with E-state index in [-0.39, 0.29) is 5.91 Å². The van der Waals surface area contributed by atoms with Gasteiger partial charge in [-0.2, -0.15) is 0 Å². The monoisotopic (exact) mass is 306 g/mol. The van der Waals surface area contributed by atoms with Crippen molar-refractivity contribution in [3.63, 3.8) is 0 Å². The van der Waals surface area contributed by atoms with Crippen molar-refractivity contribution >= 4 is 17.2 Å². The molecular weight excluding hydrogens is 280 g/mol. The van der Waals surface area contributed by atoms with Crippen LogP contribution < -0.4 is 5.32 Å². The first-order valence-corrected chi connectivity index (χ1v) is 9.18. The summed E-state index contributed by atoms with van der Waals surface area (Å²) in [6, 6.07) is 2.61. The molecule has 1 saturated heterocycles. The molecule has 1 fully saturated rings. The van der Waals surface area contributed by atoms with Crippen molar-refractivity contribution in [1.82, 2.24) is 10.2 Å². The van der Waals surface area contributed by atoms with Gasteiger partial charge in [-0.3, -0.25) is 4.79 Å². The minimum absolute atomic E-state index is 0.287. The number of rotatable bonds is 4. The lowest BCUT2D eigenvalue weighted by molar-refractivity contribution is 0.0607. The van der Waals surface area contributed by atoms with Gasteiger partial charge in [-0.25, -0.2) is 0 Å². The highest BCUT2D eigenvalue weighted by molar-refractivity contribution is 7.14. The number of amides is 1. The Morgan fingerprint density at radius 3 is 3.00 bits per heavy atom. The van der Waals surface area contributed by atoms with Crippen LogP contribution in [0.4, 0.5) is 0 Å². The third-order valence-electron chi connectivity index (χ3n) is 4.82. The van der Waals surface area contributed by atoms with Gasteiger partial charge in [-0.1, -0.05) is 0 Å². The average Bonchev–Trinajstić information content (AvgIpc) is 2.96. The number of piperidine rings is 1. The molecule has 1 N–H and O–H groups in total. The van der Waals surface area contributed by atoms with Crippen LogP contribution in [0, 0.1) is 0 Å². The van der Waals surface area contributed by atoms with Crippen LogP contribution in [-0.4, -0.2) is 37.0 Å². The van der Waals surface area contributed by atoms with E-state index in [1.165, 1.54) is 49.0 Å². The number of likely N-dealkylation sites (tertiary alicyclic amines) is 1. The van der Waals surface area contributed by atoms with Crippen LogP contribution in [-0.2, 0) is 12.8 Å². The van der Waals surface area contributed by atoms with E-state index in [0.29, 0.717) is 6.04 Å². The molecule has 1 aliphatic heterocycles. The van der Waals surface area contributed by atoms with Gasteiger partial charge in [-0.15, -0.1) is 11.3 Å².